The number of aryl methyl sites for hydroxylation is 1. The van der Waals surface area contributed by atoms with Gasteiger partial charge in [0.15, 0.2) is 0 Å². The highest BCUT2D eigenvalue weighted by atomic mass is 79.9. The van der Waals surface area contributed by atoms with Crippen molar-refractivity contribution >= 4 is 22.0 Å². The van der Waals surface area contributed by atoms with E-state index in [1.54, 1.807) is 4.90 Å². The molecule has 0 spiro atoms. The van der Waals surface area contributed by atoms with Crippen LogP contribution in [0.3, 0.4) is 0 Å². The predicted molar refractivity (Wildman–Crippen MR) is 90.9 cm³/mol. The molecule has 0 N–H and O–H groups in total. The molecule has 5 nitrogen and oxygen atoms in total. The van der Waals surface area contributed by atoms with Gasteiger partial charge in [-0.1, -0.05) is 48.8 Å². The minimum atomic E-state index is -0.338. The van der Waals surface area contributed by atoms with Crippen molar-refractivity contribution in [3.63, 3.8) is 0 Å². The molecule has 0 fully saturated rings. The van der Waals surface area contributed by atoms with E-state index in [-0.39, 0.29) is 12.7 Å². The summed E-state index contributed by atoms with van der Waals surface area (Å²) >= 11 is 3.44. The number of hydrogen-bond donors (Lipinski definition) is 0. The second-order valence-electron chi connectivity index (χ2n) is 5.31. The SMILES string of the molecule is CCCCN(Cc1noc(C)c1Br)C(=O)OCc1ccccc1. The fourth-order valence-corrected chi connectivity index (χ4v) is 2.35. The van der Waals surface area contributed by atoms with E-state index >= 15 is 0 Å². The summed E-state index contributed by atoms with van der Waals surface area (Å²) in [5.74, 6) is 0.702. The number of rotatable bonds is 7. The van der Waals surface area contributed by atoms with Gasteiger partial charge in [0.2, 0.25) is 0 Å². The molecule has 1 aromatic carbocycles. The Bertz CT molecular complexity index is 628. The van der Waals surface area contributed by atoms with Gasteiger partial charge < -0.3 is 14.2 Å². The lowest BCUT2D eigenvalue weighted by molar-refractivity contribution is 0.0922. The van der Waals surface area contributed by atoms with Gasteiger partial charge in [0, 0.05) is 6.54 Å². The Labute approximate surface area is 144 Å². The lowest BCUT2D eigenvalue weighted by atomic mass is 10.2. The van der Waals surface area contributed by atoms with Gasteiger partial charge in [0.25, 0.3) is 0 Å². The Balaban J connectivity index is 1.98. The third-order valence-electron chi connectivity index (χ3n) is 3.44. The van der Waals surface area contributed by atoms with E-state index in [0.717, 1.165) is 22.9 Å². The monoisotopic (exact) mass is 380 g/mol. The van der Waals surface area contributed by atoms with E-state index in [2.05, 4.69) is 28.0 Å². The number of carbonyl (C=O) groups excluding carboxylic acids is 1. The van der Waals surface area contributed by atoms with E-state index in [0.29, 0.717) is 24.5 Å². The average Bonchev–Trinajstić information content (AvgIpc) is 2.89. The molecule has 0 aliphatic heterocycles. The van der Waals surface area contributed by atoms with E-state index in [1.165, 1.54) is 0 Å². The number of nitrogens with zero attached hydrogens (tertiary/aromatic N) is 2. The molecule has 1 heterocycles. The normalized spacial score (nSPS) is 10.6. The van der Waals surface area contributed by atoms with Gasteiger partial charge in [-0.15, -0.1) is 0 Å². The van der Waals surface area contributed by atoms with Crippen molar-refractivity contribution in [1.82, 2.24) is 10.1 Å². The number of benzene rings is 1. The molecule has 2 rings (SSSR count). The predicted octanol–water partition coefficient (Wildman–Crippen LogP) is 4.68. The van der Waals surface area contributed by atoms with Crippen LogP contribution in [0.15, 0.2) is 39.3 Å². The maximum atomic E-state index is 12.4. The molecule has 0 bridgehead atoms. The third kappa shape index (κ3) is 5.10. The molecular weight excluding hydrogens is 360 g/mol. The van der Waals surface area contributed by atoms with Crippen LogP contribution in [-0.4, -0.2) is 22.7 Å². The smallest absolute Gasteiger partial charge is 0.410 e. The van der Waals surface area contributed by atoms with Crippen molar-refractivity contribution in [1.29, 1.82) is 0 Å². The lowest BCUT2D eigenvalue weighted by Gasteiger charge is -2.21. The molecule has 0 unspecified atom stereocenters. The van der Waals surface area contributed by atoms with Crippen molar-refractivity contribution in [2.45, 2.75) is 39.8 Å². The molecule has 2 aromatic rings. The molecule has 124 valence electrons. The van der Waals surface area contributed by atoms with Gasteiger partial charge in [0.1, 0.15) is 18.1 Å². The lowest BCUT2D eigenvalue weighted by Crippen LogP contribution is -2.32. The zero-order chi connectivity index (χ0) is 16.7. The van der Waals surface area contributed by atoms with Crippen LogP contribution in [0.1, 0.15) is 36.8 Å². The highest BCUT2D eigenvalue weighted by Crippen LogP contribution is 2.22. The Hall–Kier alpha value is -1.82. The highest BCUT2D eigenvalue weighted by Gasteiger charge is 2.19. The maximum Gasteiger partial charge on any atom is 0.410 e. The van der Waals surface area contributed by atoms with E-state index in [4.69, 9.17) is 9.26 Å². The van der Waals surface area contributed by atoms with Crippen LogP contribution in [-0.2, 0) is 17.9 Å². The molecule has 23 heavy (non-hydrogen) atoms. The van der Waals surface area contributed by atoms with Crippen LogP contribution in [0.25, 0.3) is 0 Å². The summed E-state index contributed by atoms with van der Waals surface area (Å²) in [6.45, 7) is 5.17. The largest absolute Gasteiger partial charge is 0.445 e. The van der Waals surface area contributed by atoms with Gasteiger partial charge >= 0.3 is 6.09 Å². The third-order valence-corrected chi connectivity index (χ3v) is 4.46. The number of amides is 1. The van der Waals surface area contributed by atoms with Gasteiger partial charge in [-0.3, -0.25) is 0 Å². The van der Waals surface area contributed by atoms with E-state index in [9.17, 15) is 4.79 Å². The fourth-order valence-electron chi connectivity index (χ4n) is 2.08. The minimum Gasteiger partial charge on any atom is -0.445 e. The van der Waals surface area contributed by atoms with Crippen molar-refractivity contribution in [2.24, 2.45) is 0 Å². The second kappa shape index (κ2) is 8.72. The van der Waals surface area contributed by atoms with Crippen LogP contribution >= 0.6 is 15.9 Å². The summed E-state index contributed by atoms with van der Waals surface area (Å²) < 4.78 is 11.4. The Kier molecular flexibility index (Phi) is 6.65. The van der Waals surface area contributed by atoms with Gasteiger partial charge in [-0.25, -0.2) is 4.79 Å². The number of unbranched alkanes of at least 4 members (excludes halogenated alkanes) is 1. The van der Waals surface area contributed by atoms with Crippen molar-refractivity contribution < 1.29 is 14.1 Å². The maximum absolute atomic E-state index is 12.4. The average molecular weight is 381 g/mol. The van der Waals surface area contributed by atoms with Crippen LogP contribution < -0.4 is 0 Å². The number of halogens is 1. The molecule has 0 aliphatic carbocycles. The summed E-state index contributed by atoms with van der Waals surface area (Å²) in [4.78, 5) is 14.0. The van der Waals surface area contributed by atoms with Gasteiger partial charge in [-0.2, -0.15) is 0 Å². The van der Waals surface area contributed by atoms with Crippen LogP contribution in [0.5, 0.6) is 0 Å². The highest BCUT2D eigenvalue weighted by molar-refractivity contribution is 9.10. The molecule has 1 aromatic heterocycles. The summed E-state index contributed by atoms with van der Waals surface area (Å²) in [5.41, 5.74) is 1.67. The number of ether oxygens (including phenoxy) is 1. The first-order chi connectivity index (χ1) is 11.1. The molecule has 6 heteroatoms. The van der Waals surface area contributed by atoms with Gasteiger partial charge in [-0.05, 0) is 34.8 Å². The summed E-state index contributed by atoms with van der Waals surface area (Å²) in [6, 6.07) is 9.65. The molecule has 0 aliphatic rings. The molecule has 0 atom stereocenters. The fraction of sp³-hybridized carbons (Fsp3) is 0.412. The molecule has 1 amide bonds. The Morgan fingerprint density at radius 2 is 2.09 bits per heavy atom. The van der Waals surface area contributed by atoms with Crippen LogP contribution in [0, 0.1) is 6.92 Å². The summed E-state index contributed by atoms with van der Waals surface area (Å²) in [5, 5.41) is 3.99. The minimum absolute atomic E-state index is 0.265. The number of carbonyl (C=O) groups is 1. The zero-order valence-electron chi connectivity index (χ0n) is 13.4. The first kappa shape index (κ1) is 17.5. The first-order valence-corrected chi connectivity index (χ1v) is 8.47. The molecule has 0 saturated heterocycles. The Morgan fingerprint density at radius 3 is 2.70 bits per heavy atom. The second-order valence-corrected chi connectivity index (χ2v) is 6.11. The Morgan fingerprint density at radius 1 is 1.35 bits per heavy atom. The number of hydrogen-bond acceptors (Lipinski definition) is 4. The van der Waals surface area contributed by atoms with Crippen molar-refractivity contribution in [2.75, 3.05) is 6.54 Å². The topological polar surface area (TPSA) is 55.6 Å². The van der Waals surface area contributed by atoms with E-state index in [1.807, 2.05) is 37.3 Å². The van der Waals surface area contributed by atoms with Crippen LogP contribution in [0.2, 0.25) is 0 Å². The molecule has 0 radical (unpaired) electrons. The molecule has 0 saturated carbocycles. The quantitative estimate of drug-likeness (QED) is 0.699. The summed E-state index contributed by atoms with van der Waals surface area (Å²) in [7, 11) is 0. The standard InChI is InChI=1S/C17H21BrN2O3/c1-3-4-10-20(11-15-16(18)13(2)23-19-15)17(21)22-12-14-8-6-5-7-9-14/h5-9H,3-4,10-12H2,1-2H3. The van der Waals surface area contributed by atoms with Gasteiger partial charge in [0.05, 0.1) is 11.0 Å². The summed E-state index contributed by atoms with van der Waals surface area (Å²) in [6.07, 6.45) is 1.57. The molecular formula is C17H21BrN2O3. The van der Waals surface area contributed by atoms with Crippen molar-refractivity contribution in [3.8, 4) is 0 Å². The van der Waals surface area contributed by atoms with E-state index < -0.39 is 0 Å². The van der Waals surface area contributed by atoms with Crippen LogP contribution in [0.4, 0.5) is 4.79 Å². The number of aromatic nitrogens is 1. The first-order valence-electron chi connectivity index (χ1n) is 7.68. The zero-order valence-corrected chi connectivity index (χ0v) is 15.0. The van der Waals surface area contributed by atoms with Crippen molar-refractivity contribution in [3.05, 3.63) is 51.8 Å².